The lowest BCUT2D eigenvalue weighted by atomic mass is 9.99. The van der Waals surface area contributed by atoms with Gasteiger partial charge in [0.15, 0.2) is 0 Å². The molecule has 0 saturated carbocycles. The van der Waals surface area contributed by atoms with Crippen molar-refractivity contribution in [2.75, 3.05) is 0 Å². The van der Waals surface area contributed by atoms with Crippen molar-refractivity contribution in [3.05, 3.63) is 0 Å². The van der Waals surface area contributed by atoms with Crippen LogP contribution in [-0.2, 0) is 9.59 Å². The molecule has 4 heteroatoms. The lowest BCUT2D eigenvalue weighted by molar-refractivity contribution is -0.143. The Bertz CT molecular complexity index is 279. The van der Waals surface area contributed by atoms with E-state index in [0.717, 1.165) is 19.3 Å². The highest BCUT2D eigenvalue weighted by Gasteiger charge is 2.24. The van der Waals surface area contributed by atoms with E-state index in [1.165, 1.54) is 32.1 Å². The van der Waals surface area contributed by atoms with Crippen molar-refractivity contribution in [2.24, 2.45) is 5.92 Å². The Morgan fingerprint density at radius 1 is 1.00 bits per heavy atom. The maximum atomic E-state index is 11.7. The smallest absolute Gasteiger partial charge is 0.326 e. The molecule has 0 aromatic rings. The highest BCUT2D eigenvalue weighted by Crippen LogP contribution is 2.10. The fourth-order valence-corrected chi connectivity index (χ4v) is 2.17. The van der Waals surface area contributed by atoms with Crippen molar-refractivity contribution in [3.8, 4) is 0 Å². The Kier molecular flexibility index (Phi) is 11.1. The van der Waals surface area contributed by atoms with Crippen LogP contribution in [-0.4, -0.2) is 23.0 Å². The molecule has 0 radical (unpaired) electrons. The first-order valence-corrected chi connectivity index (χ1v) is 8.05. The summed E-state index contributed by atoms with van der Waals surface area (Å²) in [6.45, 7) is 5.98. The number of hydrogen-bond acceptors (Lipinski definition) is 2. The second-order valence-electron chi connectivity index (χ2n) is 5.64. The molecule has 0 saturated heterocycles. The largest absolute Gasteiger partial charge is 0.480 e. The van der Waals surface area contributed by atoms with Gasteiger partial charge in [-0.05, 0) is 12.3 Å². The third-order valence-electron chi connectivity index (χ3n) is 3.80. The molecule has 2 atom stereocenters. The zero-order valence-electron chi connectivity index (χ0n) is 13.3. The molecule has 0 heterocycles. The van der Waals surface area contributed by atoms with E-state index in [4.69, 9.17) is 5.11 Å². The highest BCUT2D eigenvalue weighted by molar-refractivity contribution is 5.83. The first kappa shape index (κ1) is 18.9. The summed E-state index contributed by atoms with van der Waals surface area (Å²) in [5, 5.41) is 11.7. The van der Waals surface area contributed by atoms with Crippen molar-refractivity contribution >= 4 is 11.9 Å². The predicted octanol–water partition coefficient (Wildman–Crippen LogP) is 3.74. The summed E-state index contributed by atoms with van der Waals surface area (Å²) < 4.78 is 0. The summed E-state index contributed by atoms with van der Waals surface area (Å²) in [6, 6.07) is -0.753. The number of amides is 1. The Morgan fingerprint density at radius 3 is 2.05 bits per heavy atom. The highest BCUT2D eigenvalue weighted by atomic mass is 16.4. The summed E-state index contributed by atoms with van der Waals surface area (Å²) >= 11 is 0. The van der Waals surface area contributed by atoms with E-state index in [9.17, 15) is 9.59 Å². The van der Waals surface area contributed by atoms with Crippen LogP contribution >= 0.6 is 0 Å². The lowest BCUT2D eigenvalue weighted by Crippen LogP contribution is -2.44. The van der Waals surface area contributed by atoms with E-state index in [1.54, 1.807) is 0 Å². The number of carboxylic acids is 1. The average Bonchev–Trinajstić information content (AvgIpc) is 2.42. The molecule has 0 spiro atoms. The molecule has 2 N–H and O–H groups in total. The van der Waals surface area contributed by atoms with E-state index in [0.29, 0.717) is 6.42 Å². The molecule has 20 heavy (non-hydrogen) atoms. The first-order chi connectivity index (χ1) is 9.52. The third-order valence-corrected chi connectivity index (χ3v) is 3.80. The number of aliphatic carboxylic acids is 1. The van der Waals surface area contributed by atoms with Gasteiger partial charge in [0.1, 0.15) is 6.04 Å². The minimum atomic E-state index is -0.938. The number of carbonyl (C=O) groups is 2. The Balaban J connectivity index is 3.78. The number of nitrogens with one attached hydrogen (secondary N) is 1. The van der Waals surface area contributed by atoms with E-state index in [-0.39, 0.29) is 11.8 Å². The fraction of sp³-hybridized carbons (Fsp3) is 0.875. The quantitative estimate of drug-likeness (QED) is 0.537. The SMILES string of the molecule is CCCCCCCCCC(=O)N[C@@H](C(=O)O)[C@H](C)CC. The molecule has 0 aromatic heterocycles. The molecular formula is C16H31NO3. The molecule has 0 aliphatic heterocycles. The zero-order valence-corrected chi connectivity index (χ0v) is 13.3. The van der Waals surface area contributed by atoms with Gasteiger partial charge in [-0.2, -0.15) is 0 Å². The van der Waals surface area contributed by atoms with Crippen LogP contribution < -0.4 is 5.32 Å². The van der Waals surface area contributed by atoms with E-state index < -0.39 is 12.0 Å². The molecule has 0 aliphatic rings. The topological polar surface area (TPSA) is 66.4 Å². The number of carboxylic acid groups (broad SMARTS) is 1. The summed E-state index contributed by atoms with van der Waals surface area (Å²) in [5.41, 5.74) is 0. The summed E-state index contributed by atoms with van der Waals surface area (Å²) in [5.74, 6) is -1.11. The molecule has 0 aromatic carbocycles. The van der Waals surface area contributed by atoms with Crippen LogP contribution in [0.1, 0.15) is 78.6 Å². The maximum absolute atomic E-state index is 11.7. The molecule has 0 fully saturated rings. The van der Waals surface area contributed by atoms with Gasteiger partial charge in [-0.15, -0.1) is 0 Å². The monoisotopic (exact) mass is 285 g/mol. The molecule has 0 unspecified atom stereocenters. The number of rotatable bonds is 12. The van der Waals surface area contributed by atoms with Gasteiger partial charge in [0, 0.05) is 6.42 Å². The normalized spacial score (nSPS) is 13.8. The van der Waals surface area contributed by atoms with Crippen molar-refractivity contribution in [1.82, 2.24) is 5.32 Å². The minimum absolute atomic E-state index is 0.0366. The fourth-order valence-electron chi connectivity index (χ4n) is 2.17. The Hall–Kier alpha value is -1.06. The van der Waals surface area contributed by atoms with Gasteiger partial charge in [-0.3, -0.25) is 4.79 Å². The van der Waals surface area contributed by atoms with E-state index >= 15 is 0 Å². The summed E-state index contributed by atoms with van der Waals surface area (Å²) in [4.78, 5) is 22.8. The molecular weight excluding hydrogens is 254 g/mol. The van der Waals surface area contributed by atoms with Crippen LogP contribution in [0, 0.1) is 5.92 Å². The van der Waals surface area contributed by atoms with Crippen LogP contribution in [0.25, 0.3) is 0 Å². The molecule has 0 rings (SSSR count). The predicted molar refractivity (Wildman–Crippen MR) is 81.6 cm³/mol. The minimum Gasteiger partial charge on any atom is -0.480 e. The van der Waals surface area contributed by atoms with Crippen molar-refractivity contribution < 1.29 is 14.7 Å². The molecule has 0 bridgehead atoms. The van der Waals surface area contributed by atoms with Crippen LogP contribution in [0.15, 0.2) is 0 Å². The van der Waals surface area contributed by atoms with Crippen LogP contribution in [0.3, 0.4) is 0 Å². The standard InChI is InChI=1S/C16H31NO3/c1-4-6-7-8-9-10-11-12-14(18)17-15(16(19)20)13(3)5-2/h13,15H,4-12H2,1-3H3,(H,17,18)(H,19,20)/t13-,15-/m1/s1. The third kappa shape index (κ3) is 8.94. The van der Waals surface area contributed by atoms with Gasteiger partial charge in [-0.25, -0.2) is 4.79 Å². The van der Waals surface area contributed by atoms with E-state index in [1.807, 2.05) is 13.8 Å². The molecule has 0 aliphatic carbocycles. The van der Waals surface area contributed by atoms with Crippen molar-refractivity contribution in [3.63, 3.8) is 0 Å². The summed E-state index contributed by atoms with van der Waals surface area (Å²) in [6.07, 6.45) is 9.30. The van der Waals surface area contributed by atoms with Gasteiger partial charge in [0.2, 0.25) is 5.91 Å². The van der Waals surface area contributed by atoms with Crippen molar-refractivity contribution in [2.45, 2.75) is 84.6 Å². The number of carbonyl (C=O) groups excluding carboxylic acids is 1. The van der Waals surface area contributed by atoms with E-state index in [2.05, 4.69) is 12.2 Å². The van der Waals surface area contributed by atoms with Gasteiger partial charge < -0.3 is 10.4 Å². The van der Waals surface area contributed by atoms with Gasteiger partial charge in [0.05, 0.1) is 0 Å². The first-order valence-electron chi connectivity index (χ1n) is 8.05. The Morgan fingerprint density at radius 2 is 1.55 bits per heavy atom. The van der Waals surface area contributed by atoms with Crippen LogP contribution in [0.2, 0.25) is 0 Å². The van der Waals surface area contributed by atoms with Gasteiger partial charge in [0.25, 0.3) is 0 Å². The van der Waals surface area contributed by atoms with Crippen molar-refractivity contribution in [1.29, 1.82) is 0 Å². The second-order valence-corrected chi connectivity index (χ2v) is 5.64. The van der Waals surface area contributed by atoms with Gasteiger partial charge >= 0.3 is 5.97 Å². The number of unbranched alkanes of at least 4 members (excludes halogenated alkanes) is 6. The average molecular weight is 285 g/mol. The van der Waals surface area contributed by atoms with Gasteiger partial charge in [-0.1, -0.05) is 65.7 Å². The van der Waals surface area contributed by atoms with Crippen LogP contribution in [0.5, 0.6) is 0 Å². The Labute approximate surface area is 123 Å². The lowest BCUT2D eigenvalue weighted by Gasteiger charge is -2.20. The molecule has 4 nitrogen and oxygen atoms in total. The molecule has 118 valence electrons. The van der Waals surface area contributed by atoms with Crippen LogP contribution in [0.4, 0.5) is 0 Å². The zero-order chi connectivity index (χ0) is 15.4. The second kappa shape index (κ2) is 11.7. The maximum Gasteiger partial charge on any atom is 0.326 e. The molecule has 1 amide bonds. The number of hydrogen-bond donors (Lipinski definition) is 2. The summed E-state index contributed by atoms with van der Waals surface area (Å²) in [7, 11) is 0.